The number of sulfonamides is 1. The number of nitrogens with one attached hydrogen (secondary N) is 1. The van der Waals surface area contributed by atoms with Crippen LogP contribution in [0.5, 0.6) is 5.75 Å². The van der Waals surface area contributed by atoms with Gasteiger partial charge in [0.1, 0.15) is 5.75 Å². The van der Waals surface area contributed by atoms with E-state index in [1.54, 1.807) is 72.8 Å². The third-order valence-corrected chi connectivity index (χ3v) is 5.48. The van der Waals surface area contributed by atoms with Crippen LogP contribution in [-0.2, 0) is 10.0 Å². The zero-order valence-corrected chi connectivity index (χ0v) is 15.4. The Labute approximate surface area is 158 Å². The van der Waals surface area contributed by atoms with Gasteiger partial charge in [-0.2, -0.15) is 12.8 Å². The van der Waals surface area contributed by atoms with Crippen LogP contribution < -0.4 is 14.6 Å². The Morgan fingerprint density at radius 3 is 1.96 bits per heavy atom. The van der Waals surface area contributed by atoms with Gasteiger partial charge in [0, 0.05) is 5.56 Å². The lowest BCUT2D eigenvalue weighted by Gasteiger charge is -2.25. The van der Waals surface area contributed by atoms with Gasteiger partial charge in [0.25, 0.3) is 15.9 Å². The first-order valence-electron chi connectivity index (χ1n) is 8.13. The molecule has 0 aliphatic carbocycles. The highest BCUT2D eigenvalue weighted by molar-refractivity contribution is 7.92. The number of anilines is 1. The standard InChI is InChI=1S/C20H18N2O4S/c1-26-18-12-14-19(15-13-18)27(24,25)22(17-10-6-3-7-11-17)21-20(23)16-8-4-2-5-9-16/h2-15H,1H3,(H,21,23). The van der Waals surface area contributed by atoms with E-state index in [2.05, 4.69) is 5.43 Å². The van der Waals surface area contributed by atoms with Gasteiger partial charge in [0.2, 0.25) is 0 Å². The van der Waals surface area contributed by atoms with E-state index in [0.717, 1.165) is 4.41 Å². The van der Waals surface area contributed by atoms with Crippen molar-refractivity contribution in [2.75, 3.05) is 11.5 Å². The molecule has 0 saturated heterocycles. The molecule has 1 amide bonds. The molecule has 3 aromatic rings. The number of rotatable bonds is 6. The highest BCUT2D eigenvalue weighted by atomic mass is 32.2. The van der Waals surface area contributed by atoms with Crippen LogP contribution in [0.1, 0.15) is 10.4 Å². The van der Waals surface area contributed by atoms with Crippen molar-refractivity contribution in [1.82, 2.24) is 5.43 Å². The van der Waals surface area contributed by atoms with Crippen molar-refractivity contribution in [1.29, 1.82) is 0 Å². The first kappa shape index (κ1) is 18.5. The molecule has 0 atom stereocenters. The van der Waals surface area contributed by atoms with Crippen LogP contribution in [0, 0.1) is 0 Å². The molecule has 0 aromatic heterocycles. The summed E-state index contributed by atoms with van der Waals surface area (Å²) in [5.74, 6) is 0.00470. The average molecular weight is 382 g/mol. The molecule has 3 rings (SSSR count). The van der Waals surface area contributed by atoms with E-state index in [1.165, 1.54) is 19.2 Å². The van der Waals surface area contributed by atoms with E-state index in [4.69, 9.17) is 4.74 Å². The second kappa shape index (κ2) is 7.92. The zero-order valence-electron chi connectivity index (χ0n) is 14.6. The molecular formula is C20H18N2O4S. The maximum Gasteiger partial charge on any atom is 0.281 e. The van der Waals surface area contributed by atoms with Crippen molar-refractivity contribution in [3.8, 4) is 5.75 Å². The normalized spacial score (nSPS) is 10.9. The minimum Gasteiger partial charge on any atom is -0.497 e. The molecule has 0 heterocycles. The number of hydrogen-bond acceptors (Lipinski definition) is 4. The van der Waals surface area contributed by atoms with Crippen LogP contribution >= 0.6 is 0 Å². The van der Waals surface area contributed by atoms with Crippen molar-refractivity contribution in [3.05, 3.63) is 90.5 Å². The van der Waals surface area contributed by atoms with Gasteiger partial charge in [-0.1, -0.05) is 36.4 Å². The third-order valence-electron chi connectivity index (χ3n) is 3.83. The van der Waals surface area contributed by atoms with Crippen molar-refractivity contribution in [3.63, 3.8) is 0 Å². The van der Waals surface area contributed by atoms with Gasteiger partial charge >= 0.3 is 0 Å². The molecular weight excluding hydrogens is 364 g/mol. The minimum absolute atomic E-state index is 0.0283. The van der Waals surface area contributed by atoms with E-state index < -0.39 is 15.9 Å². The summed E-state index contributed by atoms with van der Waals surface area (Å²) in [5.41, 5.74) is 3.16. The molecule has 3 aromatic carbocycles. The lowest BCUT2D eigenvalue weighted by Crippen LogP contribution is -2.46. The van der Waals surface area contributed by atoms with Crippen LogP contribution in [0.4, 0.5) is 5.69 Å². The molecule has 0 radical (unpaired) electrons. The summed E-state index contributed by atoms with van der Waals surface area (Å²) in [7, 11) is -2.54. The third kappa shape index (κ3) is 4.09. The van der Waals surface area contributed by atoms with Gasteiger partial charge < -0.3 is 4.74 Å². The Balaban J connectivity index is 2.00. The largest absolute Gasteiger partial charge is 0.497 e. The minimum atomic E-state index is -4.04. The lowest BCUT2D eigenvalue weighted by atomic mass is 10.2. The SMILES string of the molecule is COc1ccc(S(=O)(=O)N(NC(=O)c2ccccc2)c2ccccc2)cc1. The van der Waals surface area contributed by atoms with Crippen molar-refractivity contribution in [2.45, 2.75) is 4.90 Å². The topological polar surface area (TPSA) is 75.7 Å². The summed E-state index contributed by atoms with van der Waals surface area (Å²) in [4.78, 5) is 12.6. The molecule has 0 fully saturated rings. The first-order chi connectivity index (χ1) is 13.0. The highest BCUT2D eigenvalue weighted by Gasteiger charge is 2.27. The van der Waals surface area contributed by atoms with E-state index >= 15 is 0 Å². The molecule has 7 heteroatoms. The Kier molecular flexibility index (Phi) is 5.42. The maximum atomic E-state index is 13.2. The Morgan fingerprint density at radius 1 is 0.852 bits per heavy atom. The van der Waals surface area contributed by atoms with Gasteiger partial charge in [-0.05, 0) is 48.5 Å². The number of carbonyl (C=O) groups is 1. The molecule has 6 nitrogen and oxygen atoms in total. The summed E-state index contributed by atoms with van der Waals surface area (Å²) in [5, 5.41) is 0. The number of benzene rings is 3. The first-order valence-corrected chi connectivity index (χ1v) is 9.57. The molecule has 27 heavy (non-hydrogen) atoms. The smallest absolute Gasteiger partial charge is 0.281 e. The molecule has 0 spiro atoms. The van der Waals surface area contributed by atoms with Crippen LogP contribution in [0.3, 0.4) is 0 Å². The zero-order chi connectivity index (χ0) is 19.3. The quantitative estimate of drug-likeness (QED) is 0.664. The monoisotopic (exact) mass is 382 g/mol. The molecule has 0 bridgehead atoms. The Bertz CT molecular complexity index is 1000. The van der Waals surface area contributed by atoms with Gasteiger partial charge in [-0.15, -0.1) is 0 Å². The van der Waals surface area contributed by atoms with Gasteiger partial charge in [-0.25, -0.2) is 5.43 Å². The molecule has 0 unspecified atom stereocenters. The van der Waals surface area contributed by atoms with Crippen molar-refractivity contribution < 1.29 is 17.9 Å². The number of methoxy groups -OCH3 is 1. The van der Waals surface area contributed by atoms with Crippen molar-refractivity contribution in [2.24, 2.45) is 0 Å². The van der Waals surface area contributed by atoms with Crippen molar-refractivity contribution >= 4 is 21.6 Å². The number of para-hydroxylation sites is 1. The number of amides is 1. The average Bonchev–Trinajstić information content (AvgIpc) is 2.73. The predicted octanol–water partition coefficient (Wildman–Crippen LogP) is 3.24. The number of hydrogen-bond donors (Lipinski definition) is 1. The van der Waals surface area contributed by atoms with Gasteiger partial charge in [0.05, 0.1) is 17.7 Å². The summed E-state index contributed by atoms with van der Waals surface area (Å²) >= 11 is 0. The highest BCUT2D eigenvalue weighted by Crippen LogP contribution is 2.23. The molecule has 0 aliphatic heterocycles. The second-order valence-electron chi connectivity index (χ2n) is 5.59. The van der Waals surface area contributed by atoms with Gasteiger partial charge in [0.15, 0.2) is 0 Å². The lowest BCUT2D eigenvalue weighted by molar-refractivity contribution is 0.0955. The number of nitrogens with zero attached hydrogens (tertiary/aromatic N) is 1. The van der Waals surface area contributed by atoms with Crippen LogP contribution in [-0.4, -0.2) is 21.4 Å². The second-order valence-corrected chi connectivity index (χ2v) is 7.37. The van der Waals surface area contributed by atoms with E-state index in [1.807, 2.05) is 0 Å². The number of carbonyl (C=O) groups excluding carboxylic acids is 1. The maximum absolute atomic E-state index is 13.2. The number of ether oxygens (including phenoxy) is 1. The fraction of sp³-hybridized carbons (Fsp3) is 0.0500. The summed E-state index contributed by atoms with van der Waals surface area (Å²) in [6, 6.07) is 22.7. The van der Waals surface area contributed by atoms with Crippen LogP contribution in [0.15, 0.2) is 89.8 Å². The number of hydrazine groups is 1. The van der Waals surface area contributed by atoms with E-state index in [9.17, 15) is 13.2 Å². The molecule has 1 N–H and O–H groups in total. The van der Waals surface area contributed by atoms with Crippen LogP contribution in [0.2, 0.25) is 0 Å². The fourth-order valence-corrected chi connectivity index (χ4v) is 3.72. The van der Waals surface area contributed by atoms with Gasteiger partial charge in [-0.3, -0.25) is 4.79 Å². The summed E-state index contributed by atoms with van der Waals surface area (Å²) < 4.78 is 32.3. The fourth-order valence-electron chi connectivity index (χ4n) is 2.43. The Hall–Kier alpha value is -3.32. The Morgan fingerprint density at radius 2 is 1.41 bits per heavy atom. The summed E-state index contributed by atoms with van der Waals surface area (Å²) in [6.45, 7) is 0. The summed E-state index contributed by atoms with van der Waals surface area (Å²) in [6.07, 6.45) is 0. The molecule has 138 valence electrons. The van der Waals surface area contributed by atoms with Crippen LogP contribution in [0.25, 0.3) is 0 Å². The molecule has 0 aliphatic rings. The van der Waals surface area contributed by atoms with E-state index in [-0.39, 0.29) is 4.90 Å². The molecule has 0 saturated carbocycles. The van der Waals surface area contributed by atoms with E-state index in [0.29, 0.717) is 17.0 Å². The predicted molar refractivity (Wildman–Crippen MR) is 103 cm³/mol.